The van der Waals surface area contributed by atoms with Gasteiger partial charge in [-0.25, -0.2) is 4.98 Å². The topological polar surface area (TPSA) is 81.2 Å². The van der Waals surface area contributed by atoms with E-state index in [-0.39, 0.29) is 12.3 Å². The Morgan fingerprint density at radius 3 is 2.78 bits per heavy atom. The van der Waals surface area contributed by atoms with Gasteiger partial charge in [0, 0.05) is 16.7 Å². The van der Waals surface area contributed by atoms with Gasteiger partial charge in [-0.1, -0.05) is 16.8 Å². The standard InChI is InChI=1S/C16H14ClN3O3/c1-10-6-14(23-20-10)8-18-15(21)7-13-9-22-16(19-13)11-2-4-12(17)5-3-11/h2-6,9H,7-8H2,1H3,(H,18,21). The number of carbonyl (C=O) groups excluding carboxylic acids is 1. The van der Waals surface area contributed by atoms with E-state index in [1.807, 2.05) is 19.1 Å². The lowest BCUT2D eigenvalue weighted by Crippen LogP contribution is -2.24. The maximum Gasteiger partial charge on any atom is 0.226 e. The van der Waals surface area contributed by atoms with Crippen molar-refractivity contribution in [3.05, 3.63) is 58.8 Å². The average Bonchev–Trinajstić information content (AvgIpc) is 3.15. The zero-order valence-electron chi connectivity index (χ0n) is 12.4. The van der Waals surface area contributed by atoms with Gasteiger partial charge < -0.3 is 14.3 Å². The van der Waals surface area contributed by atoms with Crippen LogP contribution in [0.25, 0.3) is 11.5 Å². The van der Waals surface area contributed by atoms with Crippen LogP contribution in [-0.4, -0.2) is 16.0 Å². The molecule has 2 aromatic heterocycles. The highest BCUT2D eigenvalue weighted by atomic mass is 35.5. The van der Waals surface area contributed by atoms with Crippen LogP contribution in [0.3, 0.4) is 0 Å². The number of benzene rings is 1. The fourth-order valence-corrected chi connectivity index (χ4v) is 2.15. The molecule has 118 valence electrons. The lowest BCUT2D eigenvalue weighted by Gasteiger charge is -2.00. The Morgan fingerprint density at radius 2 is 2.09 bits per heavy atom. The van der Waals surface area contributed by atoms with E-state index < -0.39 is 0 Å². The monoisotopic (exact) mass is 331 g/mol. The number of amides is 1. The van der Waals surface area contributed by atoms with Gasteiger partial charge in [0.2, 0.25) is 11.8 Å². The van der Waals surface area contributed by atoms with Crippen molar-refractivity contribution in [1.82, 2.24) is 15.5 Å². The number of nitrogens with one attached hydrogen (secondary N) is 1. The number of rotatable bonds is 5. The van der Waals surface area contributed by atoms with Crippen molar-refractivity contribution >= 4 is 17.5 Å². The van der Waals surface area contributed by atoms with Crippen molar-refractivity contribution in [2.45, 2.75) is 19.9 Å². The second kappa shape index (κ2) is 6.66. The predicted molar refractivity (Wildman–Crippen MR) is 83.7 cm³/mol. The predicted octanol–water partition coefficient (Wildman–Crippen LogP) is 3.15. The largest absolute Gasteiger partial charge is 0.444 e. The third kappa shape index (κ3) is 3.98. The van der Waals surface area contributed by atoms with Crippen LogP contribution in [-0.2, 0) is 17.8 Å². The van der Waals surface area contributed by atoms with Crippen LogP contribution in [0.2, 0.25) is 5.02 Å². The summed E-state index contributed by atoms with van der Waals surface area (Å²) in [7, 11) is 0. The molecule has 3 rings (SSSR count). The molecule has 0 unspecified atom stereocenters. The van der Waals surface area contributed by atoms with Crippen molar-refractivity contribution in [2.24, 2.45) is 0 Å². The van der Waals surface area contributed by atoms with Gasteiger partial charge in [0.25, 0.3) is 0 Å². The maximum absolute atomic E-state index is 11.9. The Balaban J connectivity index is 1.58. The average molecular weight is 332 g/mol. The van der Waals surface area contributed by atoms with Gasteiger partial charge in [-0.2, -0.15) is 0 Å². The summed E-state index contributed by atoms with van der Waals surface area (Å²) in [5.41, 5.74) is 2.14. The van der Waals surface area contributed by atoms with Crippen molar-refractivity contribution in [1.29, 1.82) is 0 Å². The number of nitrogens with zero attached hydrogens (tertiary/aromatic N) is 2. The molecule has 1 amide bonds. The highest BCUT2D eigenvalue weighted by molar-refractivity contribution is 6.30. The molecule has 3 aromatic rings. The van der Waals surface area contributed by atoms with Gasteiger partial charge >= 0.3 is 0 Å². The minimum Gasteiger partial charge on any atom is -0.444 e. The number of hydrogen-bond donors (Lipinski definition) is 1. The molecule has 0 spiro atoms. The highest BCUT2D eigenvalue weighted by Gasteiger charge is 2.11. The van der Waals surface area contributed by atoms with Gasteiger partial charge in [0.05, 0.1) is 24.4 Å². The third-order valence-corrected chi connectivity index (χ3v) is 3.37. The number of carbonyl (C=O) groups is 1. The number of aromatic nitrogens is 2. The summed E-state index contributed by atoms with van der Waals surface area (Å²) in [5.74, 6) is 0.892. The number of oxazole rings is 1. The fraction of sp³-hybridized carbons (Fsp3) is 0.188. The van der Waals surface area contributed by atoms with Crippen LogP contribution in [0.1, 0.15) is 17.1 Å². The van der Waals surface area contributed by atoms with Crippen LogP contribution in [0, 0.1) is 6.92 Å². The number of hydrogen-bond acceptors (Lipinski definition) is 5. The summed E-state index contributed by atoms with van der Waals surface area (Å²) in [6.07, 6.45) is 1.60. The SMILES string of the molecule is Cc1cc(CNC(=O)Cc2coc(-c3ccc(Cl)cc3)n2)on1. The van der Waals surface area contributed by atoms with E-state index in [0.717, 1.165) is 11.3 Å². The maximum atomic E-state index is 11.9. The lowest BCUT2D eigenvalue weighted by molar-refractivity contribution is -0.120. The minimum atomic E-state index is -0.171. The van der Waals surface area contributed by atoms with Gasteiger partial charge in [0.1, 0.15) is 6.26 Å². The van der Waals surface area contributed by atoms with E-state index in [9.17, 15) is 4.79 Å². The summed E-state index contributed by atoms with van der Waals surface area (Å²) in [5, 5.41) is 7.15. The molecule has 0 aliphatic rings. The van der Waals surface area contributed by atoms with Crippen molar-refractivity contribution in [2.75, 3.05) is 0 Å². The Labute approximate surface area is 137 Å². The van der Waals surface area contributed by atoms with Crippen LogP contribution in [0.15, 0.2) is 45.5 Å². The summed E-state index contributed by atoms with van der Waals surface area (Å²) in [6, 6.07) is 8.91. The zero-order chi connectivity index (χ0) is 16.2. The van der Waals surface area contributed by atoms with Crippen LogP contribution >= 0.6 is 11.6 Å². The molecule has 1 N–H and O–H groups in total. The molecule has 7 heteroatoms. The van der Waals surface area contributed by atoms with Crippen LogP contribution in [0.5, 0.6) is 0 Å². The van der Waals surface area contributed by atoms with E-state index in [1.165, 1.54) is 6.26 Å². The summed E-state index contributed by atoms with van der Waals surface area (Å²) >= 11 is 5.84. The molecule has 6 nitrogen and oxygen atoms in total. The smallest absolute Gasteiger partial charge is 0.226 e. The van der Waals surface area contributed by atoms with Gasteiger partial charge in [0.15, 0.2) is 5.76 Å². The molecule has 1 aromatic carbocycles. The van der Waals surface area contributed by atoms with E-state index in [1.54, 1.807) is 18.2 Å². The molecule has 0 aliphatic carbocycles. The van der Waals surface area contributed by atoms with Crippen LogP contribution in [0.4, 0.5) is 0 Å². The third-order valence-electron chi connectivity index (χ3n) is 3.12. The second-order valence-electron chi connectivity index (χ2n) is 5.04. The minimum absolute atomic E-state index is 0.129. The summed E-state index contributed by atoms with van der Waals surface area (Å²) < 4.78 is 10.4. The molecule has 0 atom stereocenters. The molecule has 0 saturated heterocycles. The first kappa shape index (κ1) is 15.3. The van der Waals surface area contributed by atoms with Crippen molar-refractivity contribution < 1.29 is 13.7 Å². The molecule has 0 bridgehead atoms. The quantitative estimate of drug-likeness (QED) is 0.776. The molecule has 0 radical (unpaired) electrons. The summed E-state index contributed by atoms with van der Waals surface area (Å²) in [6.45, 7) is 2.12. The van der Waals surface area contributed by atoms with Gasteiger partial charge in [-0.3, -0.25) is 4.79 Å². The second-order valence-corrected chi connectivity index (χ2v) is 5.48. The normalized spacial score (nSPS) is 10.7. The first-order valence-electron chi connectivity index (χ1n) is 6.99. The Kier molecular flexibility index (Phi) is 4.43. The van der Waals surface area contributed by atoms with E-state index in [4.69, 9.17) is 20.5 Å². The van der Waals surface area contributed by atoms with Crippen LogP contribution < -0.4 is 5.32 Å². The van der Waals surface area contributed by atoms with E-state index in [2.05, 4.69) is 15.5 Å². The Bertz CT molecular complexity index is 808. The number of halogens is 1. The van der Waals surface area contributed by atoms with Crippen molar-refractivity contribution in [3.63, 3.8) is 0 Å². The first-order valence-corrected chi connectivity index (χ1v) is 7.37. The highest BCUT2D eigenvalue weighted by Crippen LogP contribution is 2.21. The lowest BCUT2D eigenvalue weighted by atomic mass is 10.2. The van der Waals surface area contributed by atoms with Gasteiger partial charge in [-0.05, 0) is 31.2 Å². The molecular formula is C16H14ClN3O3. The summed E-state index contributed by atoms with van der Waals surface area (Å²) in [4.78, 5) is 16.2. The molecular weight excluding hydrogens is 318 g/mol. The Hall–Kier alpha value is -2.60. The molecule has 0 fully saturated rings. The van der Waals surface area contributed by atoms with E-state index in [0.29, 0.717) is 28.9 Å². The molecule has 23 heavy (non-hydrogen) atoms. The molecule has 0 aliphatic heterocycles. The number of aryl methyl sites for hydroxylation is 1. The fourth-order valence-electron chi connectivity index (χ4n) is 2.03. The van der Waals surface area contributed by atoms with Crippen molar-refractivity contribution in [3.8, 4) is 11.5 Å². The van der Waals surface area contributed by atoms with Gasteiger partial charge in [-0.15, -0.1) is 0 Å². The van der Waals surface area contributed by atoms with E-state index >= 15 is 0 Å². The molecule has 2 heterocycles. The molecule has 0 saturated carbocycles. The Morgan fingerprint density at radius 1 is 1.30 bits per heavy atom. The zero-order valence-corrected chi connectivity index (χ0v) is 13.1. The first-order chi connectivity index (χ1) is 11.1.